The molecule has 1 aliphatic carbocycles. The van der Waals surface area contributed by atoms with Gasteiger partial charge in [-0.3, -0.25) is 4.79 Å². The third-order valence-electron chi connectivity index (χ3n) is 2.55. The molecule has 14 heavy (non-hydrogen) atoms. The maximum atomic E-state index is 11.5. The van der Waals surface area contributed by atoms with Crippen molar-refractivity contribution in [1.82, 2.24) is 5.32 Å². The second-order valence-corrected chi connectivity index (χ2v) is 4.18. The van der Waals surface area contributed by atoms with Crippen molar-refractivity contribution in [3.05, 3.63) is 0 Å². The summed E-state index contributed by atoms with van der Waals surface area (Å²) in [5, 5.41) is 20.5. The van der Waals surface area contributed by atoms with Gasteiger partial charge in [-0.25, -0.2) is 0 Å². The van der Waals surface area contributed by atoms with Crippen LogP contribution in [0.3, 0.4) is 0 Å². The molecule has 0 aromatic heterocycles. The summed E-state index contributed by atoms with van der Waals surface area (Å²) in [6.07, 6.45) is 0.948. The summed E-state index contributed by atoms with van der Waals surface area (Å²) in [6.45, 7) is 3.70. The number of amides is 1. The molecule has 0 radical (unpaired) electrons. The van der Waals surface area contributed by atoms with E-state index >= 15 is 0 Å². The highest BCUT2D eigenvalue weighted by Gasteiger charge is 2.31. The highest BCUT2D eigenvalue weighted by molar-refractivity contribution is 5.81. The van der Waals surface area contributed by atoms with Gasteiger partial charge in [0, 0.05) is 6.04 Å². The number of carbonyl (C=O) groups excluding carboxylic acids is 1. The van der Waals surface area contributed by atoms with E-state index in [1.165, 1.54) is 0 Å². The molecular formula is C10H16N2O2. The Bertz CT molecular complexity index is 251. The predicted octanol–water partition coefficient (Wildman–Crippen LogP) is 0.422. The van der Waals surface area contributed by atoms with Crippen molar-refractivity contribution >= 4 is 5.91 Å². The Balaban J connectivity index is 2.38. The fraction of sp³-hybridized carbons (Fsp3) is 0.800. The van der Waals surface area contributed by atoms with Gasteiger partial charge in [-0.05, 0) is 18.8 Å². The second-order valence-electron chi connectivity index (χ2n) is 4.18. The van der Waals surface area contributed by atoms with Crippen LogP contribution in [0, 0.1) is 23.2 Å². The van der Waals surface area contributed by atoms with Crippen molar-refractivity contribution in [2.24, 2.45) is 11.8 Å². The lowest BCUT2D eigenvalue weighted by atomic mass is 9.88. The smallest absolute Gasteiger partial charge is 0.237 e. The van der Waals surface area contributed by atoms with Gasteiger partial charge in [0.05, 0.1) is 12.2 Å². The van der Waals surface area contributed by atoms with E-state index in [1.54, 1.807) is 0 Å². The quantitative estimate of drug-likeness (QED) is 0.687. The molecule has 78 valence electrons. The number of nitrogens with one attached hydrogen (secondary N) is 1. The fourth-order valence-corrected chi connectivity index (χ4v) is 1.51. The van der Waals surface area contributed by atoms with Crippen LogP contribution in [-0.2, 0) is 4.79 Å². The summed E-state index contributed by atoms with van der Waals surface area (Å²) in [5.41, 5.74) is 0. The van der Waals surface area contributed by atoms with E-state index in [-0.39, 0.29) is 24.0 Å². The molecule has 0 spiro atoms. The molecule has 1 amide bonds. The van der Waals surface area contributed by atoms with Crippen LogP contribution in [0.5, 0.6) is 0 Å². The molecule has 2 N–H and O–H groups in total. The van der Waals surface area contributed by atoms with Crippen molar-refractivity contribution in [2.75, 3.05) is 0 Å². The molecule has 1 rings (SSSR count). The van der Waals surface area contributed by atoms with E-state index in [9.17, 15) is 4.79 Å². The molecular weight excluding hydrogens is 180 g/mol. The molecule has 0 aromatic rings. The number of aliphatic hydroxyl groups excluding tert-OH is 1. The first-order valence-corrected chi connectivity index (χ1v) is 4.92. The van der Waals surface area contributed by atoms with Crippen LogP contribution in [0.1, 0.15) is 26.7 Å². The molecule has 0 aliphatic heterocycles. The Morgan fingerprint density at radius 3 is 2.50 bits per heavy atom. The molecule has 0 saturated heterocycles. The average molecular weight is 196 g/mol. The Kier molecular flexibility index (Phi) is 3.48. The molecule has 1 aliphatic rings. The molecule has 1 atom stereocenters. The van der Waals surface area contributed by atoms with Crippen LogP contribution < -0.4 is 5.32 Å². The Morgan fingerprint density at radius 2 is 2.14 bits per heavy atom. The van der Waals surface area contributed by atoms with Crippen LogP contribution >= 0.6 is 0 Å². The van der Waals surface area contributed by atoms with Crippen molar-refractivity contribution < 1.29 is 9.90 Å². The summed E-state index contributed by atoms with van der Waals surface area (Å²) >= 11 is 0. The van der Waals surface area contributed by atoms with Gasteiger partial charge in [0.15, 0.2) is 0 Å². The molecule has 0 bridgehead atoms. The molecule has 1 unspecified atom stereocenters. The largest absolute Gasteiger partial charge is 0.393 e. The monoisotopic (exact) mass is 196 g/mol. The van der Waals surface area contributed by atoms with E-state index in [1.807, 2.05) is 19.9 Å². The average Bonchev–Trinajstić information content (AvgIpc) is 2.01. The van der Waals surface area contributed by atoms with Crippen LogP contribution in [0.2, 0.25) is 0 Å². The number of hydrogen-bond acceptors (Lipinski definition) is 3. The highest BCUT2D eigenvalue weighted by atomic mass is 16.3. The third-order valence-corrected chi connectivity index (χ3v) is 2.55. The zero-order valence-corrected chi connectivity index (χ0v) is 8.53. The van der Waals surface area contributed by atoms with Gasteiger partial charge >= 0.3 is 0 Å². The zero-order chi connectivity index (χ0) is 10.7. The van der Waals surface area contributed by atoms with Gasteiger partial charge in [-0.15, -0.1) is 0 Å². The minimum atomic E-state index is -0.576. The zero-order valence-electron chi connectivity index (χ0n) is 8.53. The lowest BCUT2D eigenvalue weighted by Crippen LogP contribution is -2.49. The van der Waals surface area contributed by atoms with Crippen molar-refractivity contribution in [1.29, 1.82) is 5.26 Å². The molecule has 0 aromatic carbocycles. The molecule has 1 fully saturated rings. The lowest BCUT2D eigenvalue weighted by molar-refractivity contribution is -0.126. The lowest BCUT2D eigenvalue weighted by Gasteiger charge is -2.32. The van der Waals surface area contributed by atoms with Gasteiger partial charge in [-0.1, -0.05) is 13.8 Å². The summed E-state index contributed by atoms with van der Waals surface area (Å²) in [7, 11) is 0. The van der Waals surface area contributed by atoms with Gasteiger partial charge < -0.3 is 10.4 Å². The third kappa shape index (κ3) is 2.46. The summed E-state index contributed by atoms with van der Waals surface area (Å²) in [6, 6.07) is 2.05. The van der Waals surface area contributed by atoms with Gasteiger partial charge in [0.25, 0.3) is 0 Å². The first-order chi connectivity index (χ1) is 6.54. The fourth-order valence-electron chi connectivity index (χ4n) is 1.51. The molecule has 0 heterocycles. The summed E-state index contributed by atoms with van der Waals surface area (Å²) in [4.78, 5) is 11.5. The highest BCUT2D eigenvalue weighted by Crippen LogP contribution is 2.20. The number of nitriles is 1. The number of carbonyl (C=O) groups is 1. The normalized spacial score (nSPS) is 27.6. The first kappa shape index (κ1) is 11.0. The summed E-state index contributed by atoms with van der Waals surface area (Å²) < 4.78 is 0. The van der Waals surface area contributed by atoms with Gasteiger partial charge in [-0.2, -0.15) is 5.26 Å². The standard InChI is InChI=1S/C10H16N2O2/c1-6(2)9(5-11)10(14)12-7-3-8(13)4-7/h6-9,13H,3-4H2,1-2H3,(H,12,14). The van der Waals surface area contributed by atoms with Crippen LogP contribution in [0.25, 0.3) is 0 Å². The second kappa shape index (κ2) is 4.43. The number of rotatable bonds is 3. The van der Waals surface area contributed by atoms with Crippen molar-refractivity contribution in [3.63, 3.8) is 0 Å². The van der Waals surface area contributed by atoms with Crippen LogP contribution in [0.15, 0.2) is 0 Å². The Hall–Kier alpha value is -1.08. The Labute approximate surface area is 83.9 Å². The van der Waals surface area contributed by atoms with Crippen molar-refractivity contribution in [3.8, 4) is 6.07 Å². The van der Waals surface area contributed by atoms with Gasteiger partial charge in [0.2, 0.25) is 5.91 Å². The van der Waals surface area contributed by atoms with Crippen LogP contribution in [-0.4, -0.2) is 23.2 Å². The predicted molar refractivity (Wildman–Crippen MR) is 51.1 cm³/mol. The Morgan fingerprint density at radius 1 is 1.57 bits per heavy atom. The van der Waals surface area contributed by atoms with E-state index in [4.69, 9.17) is 10.4 Å². The van der Waals surface area contributed by atoms with Gasteiger partial charge in [0.1, 0.15) is 5.92 Å². The SMILES string of the molecule is CC(C)C(C#N)C(=O)NC1CC(O)C1. The minimum absolute atomic E-state index is 0.0324. The maximum Gasteiger partial charge on any atom is 0.237 e. The topological polar surface area (TPSA) is 73.1 Å². The first-order valence-electron chi connectivity index (χ1n) is 4.92. The molecule has 4 heteroatoms. The maximum absolute atomic E-state index is 11.5. The van der Waals surface area contributed by atoms with Crippen LogP contribution in [0.4, 0.5) is 0 Å². The van der Waals surface area contributed by atoms with E-state index in [0.717, 1.165) is 0 Å². The summed E-state index contributed by atoms with van der Waals surface area (Å²) in [5.74, 6) is -0.753. The van der Waals surface area contributed by atoms with E-state index in [2.05, 4.69) is 5.32 Å². The van der Waals surface area contributed by atoms with Crippen molar-refractivity contribution in [2.45, 2.75) is 38.8 Å². The number of hydrogen-bond donors (Lipinski definition) is 2. The number of aliphatic hydroxyl groups is 1. The molecule has 1 saturated carbocycles. The number of nitrogens with zero attached hydrogens (tertiary/aromatic N) is 1. The minimum Gasteiger partial charge on any atom is -0.393 e. The van der Waals surface area contributed by atoms with E-state index in [0.29, 0.717) is 12.8 Å². The molecule has 4 nitrogen and oxygen atoms in total. The van der Waals surface area contributed by atoms with E-state index < -0.39 is 5.92 Å².